The van der Waals surface area contributed by atoms with Crippen LogP contribution in [0.25, 0.3) is 0 Å². The van der Waals surface area contributed by atoms with Gasteiger partial charge in [0, 0.05) is 23.3 Å². The topological polar surface area (TPSA) is 34.9 Å². The van der Waals surface area contributed by atoms with Crippen molar-refractivity contribution in [2.75, 3.05) is 0 Å². The van der Waals surface area contributed by atoms with Gasteiger partial charge in [-0.2, -0.15) is 0 Å². The van der Waals surface area contributed by atoms with Crippen molar-refractivity contribution in [2.24, 2.45) is 0 Å². The van der Waals surface area contributed by atoms with Crippen LogP contribution in [-0.2, 0) is 17.8 Å². The van der Waals surface area contributed by atoms with Crippen LogP contribution in [0.4, 0.5) is 0 Å². The molecule has 4 heteroatoms. The lowest BCUT2D eigenvalue weighted by Crippen LogP contribution is -2.11. The molecule has 0 aliphatic heterocycles. The highest BCUT2D eigenvalue weighted by Crippen LogP contribution is 2.11. The first-order valence-corrected chi connectivity index (χ1v) is 6.26. The van der Waals surface area contributed by atoms with Gasteiger partial charge in [0.15, 0.2) is 5.78 Å². The first-order chi connectivity index (χ1) is 8.65. The lowest BCUT2D eigenvalue weighted by molar-refractivity contribution is -0.119. The smallest absolute Gasteiger partial charge is 0.152 e. The average Bonchev–Trinajstić information content (AvgIpc) is 2.74. The second-order valence-electron chi connectivity index (χ2n) is 4.33. The Morgan fingerprint density at radius 1 is 1.33 bits per heavy atom. The second kappa shape index (κ2) is 5.83. The van der Waals surface area contributed by atoms with E-state index in [2.05, 4.69) is 4.98 Å². The van der Waals surface area contributed by atoms with Crippen LogP contribution in [0.3, 0.4) is 0 Å². The van der Waals surface area contributed by atoms with E-state index < -0.39 is 0 Å². The maximum absolute atomic E-state index is 11.8. The van der Waals surface area contributed by atoms with E-state index in [0.717, 1.165) is 22.7 Å². The Balaban J connectivity index is 1.85. The number of ketones is 1. The lowest BCUT2D eigenvalue weighted by atomic mass is 10.1. The predicted octanol–water partition coefficient (Wildman–Crippen LogP) is 3.05. The fraction of sp³-hybridized carbons (Fsp3) is 0.286. The number of benzene rings is 1. The minimum atomic E-state index is 0.214. The summed E-state index contributed by atoms with van der Waals surface area (Å²) < 4.78 is 1.87. The molecule has 0 saturated carbocycles. The normalized spacial score (nSPS) is 10.6. The average molecular weight is 263 g/mol. The maximum atomic E-state index is 11.8. The van der Waals surface area contributed by atoms with Crippen molar-refractivity contribution in [1.82, 2.24) is 9.55 Å². The van der Waals surface area contributed by atoms with Crippen molar-refractivity contribution < 1.29 is 4.79 Å². The molecule has 0 amide bonds. The van der Waals surface area contributed by atoms with Gasteiger partial charge >= 0.3 is 0 Å². The number of hydrogen-bond donors (Lipinski definition) is 0. The summed E-state index contributed by atoms with van der Waals surface area (Å²) >= 11 is 5.81. The third-order valence-corrected chi connectivity index (χ3v) is 3.12. The number of aromatic nitrogens is 2. The van der Waals surface area contributed by atoms with Gasteiger partial charge in [-0.3, -0.25) is 4.79 Å². The first-order valence-electron chi connectivity index (χ1n) is 5.88. The van der Waals surface area contributed by atoms with Gasteiger partial charge in [-0.15, -0.1) is 0 Å². The summed E-state index contributed by atoms with van der Waals surface area (Å²) in [6, 6.07) is 7.61. The number of halogens is 1. The van der Waals surface area contributed by atoms with E-state index in [4.69, 9.17) is 11.6 Å². The van der Waals surface area contributed by atoms with E-state index in [1.54, 1.807) is 12.5 Å². The molecule has 0 aliphatic rings. The molecule has 0 unspecified atom stereocenters. The van der Waals surface area contributed by atoms with Crippen molar-refractivity contribution in [3.8, 4) is 0 Å². The van der Waals surface area contributed by atoms with Gasteiger partial charge in [0.1, 0.15) is 0 Å². The summed E-state index contributed by atoms with van der Waals surface area (Å²) in [6.07, 6.45) is 4.74. The van der Waals surface area contributed by atoms with Crippen molar-refractivity contribution >= 4 is 17.4 Å². The predicted molar refractivity (Wildman–Crippen MR) is 71.7 cm³/mol. The van der Waals surface area contributed by atoms with Gasteiger partial charge < -0.3 is 4.57 Å². The third-order valence-electron chi connectivity index (χ3n) is 2.87. The molecule has 0 saturated heterocycles. The summed E-state index contributed by atoms with van der Waals surface area (Å²) in [5.74, 6) is 0.214. The number of hydrogen-bond acceptors (Lipinski definition) is 2. The maximum Gasteiger partial charge on any atom is 0.152 e. The molecule has 18 heavy (non-hydrogen) atoms. The Morgan fingerprint density at radius 2 is 2.06 bits per heavy atom. The summed E-state index contributed by atoms with van der Waals surface area (Å²) in [5.41, 5.74) is 2.14. The highest BCUT2D eigenvalue weighted by molar-refractivity contribution is 6.30. The number of imidazole rings is 1. The Bertz CT molecular complexity index is 531. The summed E-state index contributed by atoms with van der Waals surface area (Å²) in [6.45, 7) is 2.35. The SMILES string of the molecule is Cc1cncn1CC(=O)CCc1ccc(Cl)cc1. The van der Waals surface area contributed by atoms with E-state index in [1.165, 1.54) is 0 Å². The van der Waals surface area contributed by atoms with Crippen LogP contribution in [0.15, 0.2) is 36.8 Å². The fourth-order valence-electron chi connectivity index (χ4n) is 1.76. The van der Waals surface area contributed by atoms with Crippen LogP contribution < -0.4 is 0 Å². The van der Waals surface area contributed by atoms with E-state index in [9.17, 15) is 4.79 Å². The minimum absolute atomic E-state index is 0.214. The van der Waals surface area contributed by atoms with Crippen LogP contribution in [0.2, 0.25) is 5.02 Å². The molecule has 0 fully saturated rings. The molecule has 94 valence electrons. The molecule has 0 radical (unpaired) electrons. The van der Waals surface area contributed by atoms with Crippen molar-refractivity contribution in [3.05, 3.63) is 53.1 Å². The Morgan fingerprint density at radius 3 is 2.67 bits per heavy atom. The third kappa shape index (κ3) is 3.44. The number of Topliss-reactive ketones (excluding diaryl/α,β-unsaturated/α-hetero) is 1. The van der Waals surface area contributed by atoms with Gasteiger partial charge in [0.25, 0.3) is 0 Å². The second-order valence-corrected chi connectivity index (χ2v) is 4.76. The molecule has 0 atom stereocenters. The van der Waals surface area contributed by atoms with Crippen LogP contribution in [-0.4, -0.2) is 15.3 Å². The summed E-state index contributed by atoms with van der Waals surface area (Å²) in [4.78, 5) is 15.8. The molecule has 2 rings (SSSR count). The molecule has 1 aromatic heterocycles. The molecular weight excluding hydrogens is 248 g/mol. The number of nitrogens with zero attached hydrogens (tertiary/aromatic N) is 2. The van der Waals surface area contributed by atoms with Gasteiger partial charge in [-0.25, -0.2) is 4.98 Å². The summed E-state index contributed by atoms with van der Waals surface area (Å²) in [5, 5.41) is 0.721. The van der Waals surface area contributed by atoms with Gasteiger partial charge in [-0.05, 0) is 31.0 Å². The molecule has 3 nitrogen and oxygen atoms in total. The standard InChI is InChI=1S/C14H15ClN2O/c1-11-8-16-10-17(11)9-14(18)7-4-12-2-5-13(15)6-3-12/h2-3,5-6,8,10H,4,7,9H2,1H3. The zero-order valence-corrected chi connectivity index (χ0v) is 11.0. The number of aryl methyl sites for hydroxylation is 2. The molecule has 0 aliphatic carbocycles. The lowest BCUT2D eigenvalue weighted by Gasteiger charge is -2.04. The van der Waals surface area contributed by atoms with Crippen molar-refractivity contribution in [2.45, 2.75) is 26.3 Å². The largest absolute Gasteiger partial charge is 0.327 e. The Kier molecular flexibility index (Phi) is 4.15. The van der Waals surface area contributed by atoms with Gasteiger partial charge in [0.2, 0.25) is 0 Å². The zero-order valence-electron chi connectivity index (χ0n) is 10.3. The van der Waals surface area contributed by atoms with E-state index in [1.807, 2.05) is 35.8 Å². The van der Waals surface area contributed by atoms with Crippen LogP contribution in [0.1, 0.15) is 17.7 Å². The molecule has 1 aromatic carbocycles. The van der Waals surface area contributed by atoms with Crippen molar-refractivity contribution in [3.63, 3.8) is 0 Å². The van der Waals surface area contributed by atoms with Crippen LogP contribution >= 0.6 is 11.6 Å². The quantitative estimate of drug-likeness (QED) is 0.830. The van der Waals surface area contributed by atoms with E-state index >= 15 is 0 Å². The Hall–Kier alpha value is -1.61. The van der Waals surface area contributed by atoms with E-state index in [0.29, 0.717) is 13.0 Å². The number of rotatable bonds is 5. The monoisotopic (exact) mass is 262 g/mol. The number of carbonyl (C=O) groups excluding carboxylic acids is 1. The highest BCUT2D eigenvalue weighted by Gasteiger charge is 2.05. The van der Waals surface area contributed by atoms with Gasteiger partial charge in [0.05, 0.1) is 12.9 Å². The van der Waals surface area contributed by atoms with Crippen molar-refractivity contribution in [1.29, 1.82) is 0 Å². The Labute approximate surface area is 111 Å². The zero-order chi connectivity index (χ0) is 13.0. The first kappa shape index (κ1) is 12.8. The van der Waals surface area contributed by atoms with Gasteiger partial charge in [-0.1, -0.05) is 23.7 Å². The van der Waals surface area contributed by atoms with Crippen LogP contribution in [0.5, 0.6) is 0 Å². The van der Waals surface area contributed by atoms with Crippen LogP contribution in [0, 0.1) is 6.92 Å². The molecular formula is C14H15ClN2O. The molecule has 0 N–H and O–H groups in total. The highest BCUT2D eigenvalue weighted by atomic mass is 35.5. The number of carbonyl (C=O) groups is 1. The minimum Gasteiger partial charge on any atom is -0.327 e. The molecule has 0 bridgehead atoms. The molecule has 0 spiro atoms. The fourth-order valence-corrected chi connectivity index (χ4v) is 1.88. The van der Waals surface area contributed by atoms with E-state index in [-0.39, 0.29) is 5.78 Å². The summed E-state index contributed by atoms with van der Waals surface area (Å²) in [7, 11) is 0. The molecule has 1 heterocycles. The molecule has 2 aromatic rings.